The first-order chi connectivity index (χ1) is 17.5. The fourth-order valence-electron chi connectivity index (χ4n) is 4.47. The zero-order chi connectivity index (χ0) is 26.7. The first kappa shape index (κ1) is 26.7. The summed E-state index contributed by atoms with van der Waals surface area (Å²) < 4.78 is 43.8. The average molecular weight is 576 g/mol. The molecule has 4 rings (SSSR count). The van der Waals surface area contributed by atoms with Gasteiger partial charge in [0.05, 0.1) is 12.0 Å². The van der Waals surface area contributed by atoms with E-state index in [9.17, 15) is 27.6 Å². The molecule has 0 aliphatic carbocycles. The molecule has 0 saturated carbocycles. The number of hydrogen-bond acceptors (Lipinski definition) is 3. The van der Waals surface area contributed by atoms with Crippen LogP contribution in [0, 0.1) is 5.92 Å². The van der Waals surface area contributed by atoms with E-state index in [0.717, 1.165) is 0 Å². The van der Waals surface area contributed by atoms with Gasteiger partial charge in [0.25, 0.3) is 0 Å². The number of amides is 2. The van der Waals surface area contributed by atoms with Gasteiger partial charge in [-0.2, -0.15) is 13.2 Å². The van der Waals surface area contributed by atoms with Crippen molar-refractivity contribution in [2.75, 3.05) is 13.1 Å². The highest BCUT2D eigenvalue weighted by Gasteiger charge is 2.41. The monoisotopic (exact) mass is 575 g/mol. The summed E-state index contributed by atoms with van der Waals surface area (Å²) in [6, 6.07) is 13.2. The maximum absolute atomic E-state index is 13.8. The summed E-state index contributed by atoms with van der Waals surface area (Å²) in [5, 5.41) is 3.31. The number of halogens is 4. The Hall–Kier alpha value is -3.40. The molecule has 2 heterocycles. The Morgan fingerprint density at radius 2 is 1.84 bits per heavy atom. The molecule has 1 aromatic heterocycles. The van der Waals surface area contributed by atoms with Crippen LogP contribution in [0.25, 0.3) is 10.9 Å². The van der Waals surface area contributed by atoms with Crippen molar-refractivity contribution in [3.05, 3.63) is 83.0 Å². The Morgan fingerprint density at radius 1 is 1.14 bits per heavy atom. The molecule has 194 valence electrons. The molecule has 3 aromatic rings. The van der Waals surface area contributed by atoms with Crippen molar-refractivity contribution in [2.45, 2.75) is 31.6 Å². The van der Waals surface area contributed by atoms with E-state index in [1.54, 1.807) is 58.0 Å². The number of nitrogens with zero attached hydrogens (tertiary/aromatic N) is 2. The van der Waals surface area contributed by atoms with Crippen LogP contribution < -0.4 is 5.32 Å². The first-order valence-electron chi connectivity index (χ1n) is 11.7. The number of hydrogen-bond donors (Lipinski definition) is 1. The molecule has 1 aliphatic rings. The molecular formula is C27H25BrF3N3O3. The van der Waals surface area contributed by atoms with Crippen LogP contribution in [-0.4, -0.2) is 52.4 Å². The summed E-state index contributed by atoms with van der Waals surface area (Å²) in [6.07, 6.45) is -2.89. The van der Waals surface area contributed by atoms with Crippen LogP contribution in [-0.2, 0) is 22.6 Å². The normalized spacial score (nSPS) is 14.8. The van der Waals surface area contributed by atoms with Crippen LogP contribution in [0.2, 0.25) is 0 Å². The number of fused-ring (bicyclic) bond motifs is 1. The number of aromatic nitrogens is 1. The Kier molecular flexibility index (Phi) is 7.87. The van der Waals surface area contributed by atoms with Crippen LogP contribution in [0.3, 0.4) is 0 Å². The summed E-state index contributed by atoms with van der Waals surface area (Å²) >= 11 is 3.36. The van der Waals surface area contributed by atoms with Crippen LogP contribution in [0.5, 0.6) is 0 Å². The maximum Gasteiger partial charge on any atom is 0.392 e. The van der Waals surface area contributed by atoms with Crippen molar-refractivity contribution >= 4 is 44.4 Å². The van der Waals surface area contributed by atoms with E-state index in [1.807, 2.05) is 0 Å². The van der Waals surface area contributed by atoms with Crippen LogP contribution in [0.4, 0.5) is 13.2 Å². The first-order valence-corrected chi connectivity index (χ1v) is 12.5. The molecule has 1 unspecified atom stereocenters. The maximum atomic E-state index is 13.8. The molecule has 1 N–H and O–H groups in total. The highest BCUT2D eigenvalue weighted by Crippen LogP contribution is 2.34. The molecule has 0 radical (unpaired) electrons. The van der Waals surface area contributed by atoms with Gasteiger partial charge in [-0.05, 0) is 36.3 Å². The van der Waals surface area contributed by atoms with Crippen molar-refractivity contribution in [2.24, 2.45) is 5.92 Å². The Balaban J connectivity index is 1.52. The van der Waals surface area contributed by atoms with Gasteiger partial charge in [0.1, 0.15) is 6.54 Å². The molecule has 1 aliphatic heterocycles. The number of carbonyl (C=O) groups excluding carboxylic acids is 3. The highest BCUT2D eigenvalue weighted by atomic mass is 79.9. The second-order valence-electron chi connectivity index (χ2n) is 9.10. The van der Waals surface area contributed by atoms with Crippen molar-refractivity contribution in [3.63, 3.8) is 0 Å². The van der Waals surface area contributed by atoms with Crippen molar-refractivity contribution in [3.8, 4) is 0 Å². The average Bonchev–Trinajstić information content (AvgIpc) is 3.17. The van der Waals surface area contributed by atoms with Gasteiger partial charge in [-0.1, -0.05) is 52.8 Å². The molecule has 2 amide bonds. The standard InChI is InChI=1S/C27H25BrF3N3O3/c1-2-26(37)34-13-20(14-34)32-25(36)16-33-15-22(21-12-19(28)8-9-23(21)33)24(35)11-18(27(29,30)31)10-17-6-4-3-5-7-17/h2-9,12,15,18,20H,1,10-11,13-14,16H2,(H,32,36). The summed E-state index contributed by atoms with van der Waals surface area (Å²) in [4.78, 5) is 39.0. The number of benzene rings is 2. The van der Waals surface area contributed by atoms with E-state index in [1.165, 1.54) is 12.3 Å². The summed E-state index contributed by atoms with van der Waals surface area (Å²) in [5.74, 6) is -3.01. The van der Waals surface area contributed by atoms with Gasteiger partial charge in [0.15, 0.2) is 5.78 Å². The minimum absolute atomic E-state index is 0.121. The highest BCUT2D eigenvalue weighted by molar-refractivity contribution is 9.10. The second-order valence-corrected chi connectivity index (χ2v) is 10.0. The Morgan fingerprint density at radius 3 is 2.49 bits per heavy atom. The molecule has 10 heteroatoms. The SMILES string of the molecule is C=CC(=O)N1CC(NC(=O)Cn2cc(C(=O)CC(Cc3ccccc3)C(F)(F)F)c3cc(Br)ccc32)C1. The second kappa shape index (κ2) is 10.9. The van der Waals surface area contributed by atoms with Crippen LogP contribution in [0.1, 0.15) is 22.3 Å². The number of likely N-dealkylation sites (tertiary alicyclic amines) is 1. The molecule has 1 atom stereocenters. The molecule has 6 nitrogen and oxygen atoms in total. The largest absolute Gasteiger partial charge is 0.392 e. The number of Topliss-reactive ketones (excluding diaryl/α,β-unsaturated/α-hetero) is 1. The third kappa shape index (κ3) is 6.30. The van der Waals surface area contributed by atoms with Gasteiger partial charge in [-0.3, -0.25) is 14.4 Å². The fourth-order valence-corrected chi connectivity index (χ4v) is 4.83. The van der Waals surface area contributed by atoms with Crippen molar-refractivity contribution in [1.29, 1.82) is 0 Å². The lowest BCUT2D eigenvalue weighted by molar-refractivity contribution is -0.173. The number of nitrogens with one attached hydrogen (secondary N) is 1. The van der Waals surface area contributed by atoms with Gasteiger partial charge < -0.3 is 14.8 Å². The number of ketones is 1. The third-order valence-electron chi connectivity index (χ3n) is 6.41. The molecule has 37 heavy (non-hydrogen) atoms. The molecule has 0 bridgehead atoms. The minimum atomic E-state index is -4.55. The predicted molar refractivity (Wildman–Crippen MR) is 137 cm³/mol. The van der Waals surface area contributed by atoms with Gasteiger partial charge >= 0.3 is 6.18 Å². The summed E-state index contributed by atoms with van der Waals surface area (Å²) in [7, 11) is 0. The lowest BCUT2D eigenvalue weighted by Gasteiger charge is -2.38. The number of carbonyl (C=O) groups is 3. The molecule has 1 saturated heterocycles. The van der Waals surface area contributed by atoms with E-state index >= 15 is 0 Å². The lowest BCUT2D eigenvalue weighted by atomic mass is 9.91. The smallest absolute Gasteiger partial charge is 0.348 e. The number of rotatable bonds is 9. The van der Waals surface area contributed by atoms with E-state index < -0.39 is 24.3 Å². The Labute approximate surface area is 220 Å². The van der Waals surface area contributed by atoms with E-state index in [-0.39, 0.29) is 36.4 Å². The van der Waals surface area contributed by atoms with Crippen LogP contribution >= 0.6 is 15.9 Å². The van der Waals surface area contributed by atoms with E-state index in [4.69, 9.17) is 0 Å². The minimum Gasteiger partial charge on any atom is -0.348 e. The van der Waals surface area contributed by atoms with Gasteiger partial charge in [0.2, 0.25) is 11.8 Å². The quantitative estimate of drug-likeness (QED) is 0.291. The van der Waals surface area contributed by atoms with Crippen molar-refractivity contribution < 1.29 is 27.6 Å². The van der Waals surface area contributed by atoms with Gasteiger partial charge in [-0.15, -0.1) is 0 Å². The summed E-state index contributed by atoms with van der Waals surface area (Å²) in [6.45, 7) is 4.06. The molecule has 1 fully saturated rings. The van der Waals surface area contributed by atoms with Gasteiger partial charge in [-0.25, -0.2) is 0 Å². The summed E-state index contributed by atoms with van der Waals surface area (Å²) in [5.41, 5.74) is 1.20. The van der Waals surface area contributed by atoms with Crippen molar-refractivity contribution in [1.82, 2.24) is 14.8 Å². The fraction of sp³-hybridized carbons (Fsp3) is 0.296. The predicted octanol–water partition coefficient (Wildman–Crippen LogP) is 4.91. The zero-order valence-electron chi connectivity index (χ0n) is 19.8. The molecule has 2 aromatic carbocycles. The van der Waals surface area contributed by atoms with Gasteiger partial charge in [0, 0.05) is 46.6 Å². The number of alkyl halides is 3. The van der Waals surface area contributed by atoms with E-state index in [2.05, 4.69) is 27.8 Å². The molecule has 0 spiro atoms. The topological polar surface area (TPSA) is 71.4 Å². The van der Waals surface area contributed by atoms with Crippen LogP contribution in [0.15, 0.2) is 71.9 Å². The zero-order valence-corrected chi connectivity index (χ0v) is 21.4. The van der Waals surface area contributed by atoms with E-state index in [0.29, 0.717) is 34.0 Å². The lowest BCUT2D eigenvalue weighted by Crippen LogP contribution is -2.61. The molecular weight excluding hydrogens is 551 g/mol. The third-order valence-corrected chi connectivity index (χ3v) is 6.90. The Bertz CT molecular complexity index is 1330.